The van der Waals surface area contributed by atoms with Gasteiger partial charge in [0.05, 0.1) is 13.3 Å². The van der Waals surface area contributed by atoms with Crippen LogP contribution in [0.15, 0.2) is 48.7 Å². The second-order valence-corrected chi connectivity index (χ2v) is 6.13. The van der Waals surface area contributed by atoms with Crippen molar-refractivity contribution in [3.8, 4) is 5.75 Å². The first-order valence-corrected chi connectivity index (χ1v) is 8.55. The molecular formula is C20H23N5O. The number of benzene rings is 2. The number of aryl methyl sites for hydroxylation is 2. The van der Waals surface area contributed by atoms with Gasteiger partial charge in [0.25, 0.3) is 0 Å². The van der Waals surface area contributed by atoms with E-state index in [0.29, 0.717) is 11.8 Å². The Hall–Kier alpha value is -3.15. The second kappa shape index (κ2) is 8.29. The standard InChI is InChI=1S/C20H23N5O/c1-14-4-9-18(15(2)12-14)23-19-13-22-25-20(24-19)21-11-10-16-5-7-17(26-3)8-6-16/h4-9,12-13H,10-11H2,1-3H3,(H2,21,23,24,25). The molecule has 0 amide bonds. The Kier molecular flexibility index (Phi) is 5.63. The van der Waals surface area contributed by atoms with E-state index in [1.54, 1.807) is 13.3 Å². The SMILES string of the molecule is COc1ccc(CCNc2nncc(Nc3ccc(C)cc3C)n2)cc1. The summed E-state index contributed by atoms with van der Waals surface area (Å²) in [6, 6.07) is 14.3. The third-order valence-corrected chi connectivity index (χ3v) is 4.06. The Morgan fingerprint density at radius 1 is 1.04 bits per heavy atom. The molecule has 6 heteroatoms. The van der Waals surface area contributed by atoms with Crippen molar-refractivity contribution in [2.75, 3.05) is 24.3 Å². The Bertz CT molecular complexity index is 864. The summed E-state index contributed by atoms with van der Waals surface area (Å²) in [5, 5.41) is 14.6. The Morgan fingerprint density at radius 2 is 1.85 bits per heavy atom. The fourth-order valence-corrected chi connectivity index (χ4v) is 2.64. The van der Waals surface area contributed by atoms with Gasteiger partial charge in [-0.05, 0) is 49.6 Å². The maximum absolute atomic E-state index is 5.17. The Balaban J connectivity index is 1.58. The van der Waals surface area contributed by atoms with Crippen molar-refractivity contribution in [3.05, 3.63) is 65.4 Å². The van der Waals surface area contributed by atoms with Crippen LogP contribution in [0.4, 0.5) is 17.5 Å². The molecule has 0 atom stereocenters. The van der Waals surface area contributed by atoms with Gasteiger partial charge in [-0.25, -0.2) is 0 Å². The second-order valence-electron chi connectivity index (χ2n) is 6.13. The summed E-state index contributed by atoms with van der Waals surface area (Å²) in [5.74, 6) is 2.03. The number of nitrogens with one attached hydrogen (secondary N) is 2. The number of hydrogen-bond donors (Lipinski definition) is 2. The maximum Gasteiger partial charge on any atom is 0.244 e. The molecule has 6 nitrogen and oxygen atoms in total. The van der Waals surface area contributed by atoms with Crippen LogP contribution >= 0.6 is 0 Å². The zero-order valence-corrected chi connectivity index (χ0v) is 15.3. The minimum absolute atomic E-state index is 0.508. The molecule has 3 aromatic rings. The zero-order chi connectivity index (χ0) is 18.4. The van der Waals surface area contributed by atoms with Crippen LogP contribution in [0.1, 0.15) is 16.7 Å². The van der Waals surface area contributed by atoms with Crippen LogP contribution < -0.4 is 15.4 Å². The van der Waals surface area contributed by atoms with E-state index >= 15 is 0 Å². The predicted octanol–water partition coefficient (Wildman–Crippen LogP) is 3.90. The minimum Gasteiger partial charge on any atom is -0.497 e. The largest absolute Gasteiger partial charge is 0.497 e. The van der Waals surface area contributed by atoms with E-state index in [0.717, 1.165) is 30.0 Å². The molecule has 1 heterocycles. The van der Waals surface area contributed by atoms with Gasteiger partial charge in [0, 0.05) is 12.2 Å². The van der Waals surface area contributed by atoms with Crippen LogP contribution in [0, 0.1) is 13.8 Å². The van der Waals surface area contributed by atoms with E-state index in [4.69, 9.17) is 4.74 Å². The van der Waals surface area contributed by atoms with Crippen LogP contribution in [0.3, 0.4) is 0 Å². The number of nitrogens with zero attached hydrogens (tertiary/aromatic N) is 3. The van der Waals surface area contributed by atoms with E-state index in [1.807, 2.05) is 18.2 Å². The molecule has 0 bridgehead atoms. The highest BCUT2D eigenvalue weighted by Crippen LogP contribution is 2.20. The quantitative estimate of drug-likeness (QED) is 0.674. The zero-order valence-electron chi connectivity index (χ0n) is 15.3. The van der Waals surface area contributed by atoms with E-state index in [9.17, 15) is 0 Å². The lowest BCUT2D eigenvalue weighted by atomic mass is 10.1. The van der Waals surface area contributed by atoms with Crippen LogP contribution in [0.5, 0.6) is 5.75 Å². The van der Waals surface area contributed by atoms with Crippen molar-refractivity contribution >= 4 is 17.5 Å². The monoisotopic (exact) mass is 349 g/mol. The number of ether oxygens (including phenoxy) is 1. The molecular weight excluding hydrogens is 326 g/mol. The van der Waals surface area contributed by atoms with Crippen molar-refractivity contribution in [1.29, 1.82) is 0 Å². The molecule has 26 heavy (non-hydrogen) atoms. The number of anilines is 3. The molecule has 0 saturated carbocycles. The number of aromatic nitrogens is 3. The first-order valence-electron chi connectivity index (χ1n) is 8.55. The van der Waals surface area contributed by atoms with Crippen molar-refractivity contribution in [3.63, 3.8) is 0 Å². The van der Waals surface area contributed by atoms with Crippen LogP contribution in [-0.2, 0) is 6.42 Å². The molecule has 0 spiro atoms. The highest BCUT2D eigenvalue weighted by Gasteiger charge is 2.04. The molecule has 1 aromatic heterocycles. The fourth-order valence-electron chi connectivity index (χ4n) is 2.64. The van der Waals surface area contributed by atoms with Gasteiger partial charge in [-0.15, -0.1) is 5.10 Å². The highest BCUT2D eigenvalue weighted by molar-refractivity contribution is 5.60. The van der Waals surface area contributed by atoms with Gasteiger partial charge >= 0.3 is 0 Å². The van der Waals surface area contributed by atoms with Gasteiger partial charge in [0.2, 0.25) is 5.95 Å². The summed E-state index contributed by atoms with van der Waals surface area (Å²) in [7, 11) is 1.67. The summed E-state index contributed by atoms with van der Waals surface area (Å²) in [5.41, 5.74) is 4.63. The number of rotatable bonds is 7. The van der Waals surface area contributed by atoms with Crippen molar-refractivity contribution in [2.45, 2.75) is 20.3 Å². The predicted molar refractivity (Wildman–Crippen MR) is 104 cm³/mol. The summed E-state index contributed by atoms with van der Waals surface area (Å²) < 4.78 is 5.17. The van der Waals surface area contributed by atoms with Gasteiger partial charge < -0.3 is 15.4 Å². The van der Waals surface area contributed by atoms with E-state index < -0.39 is 0 Å². The topological polar surface area (TPSA) is 72.0 Å². The lowest BCUT2D eigenvalue weighted by Crippen LogP contribution is -2.09. The van der Waals surface area contributed by atoms with E-state index in [1.165, 1.54) is 11.1 Å². The first kappa shape index (κ1) is 17.7. The van der Waals surface area contributed by atoms with Crippen molar-refractivity contribution in [2.24, 2.45) is 0 Å². The first-order chi connectivity index (χ1) is 12.6. The fraction of sp³-hybridized carbons (Fsp3) is 0.250. The molecule has 0 radical (unpaired) electrons. The molecule has 0 aliphatic heterocycles. The van der Waals surface area contributed by atoms with Gasteiger partial charge in [0.1, 0.15) is 5.75 Å². The normalized spacial score (nSPS) is 10.4. The Morgan fingerprint density at radius 3 is 2.58 bits per heavy atom. The Labute approximate surface area is 153 Å². The third kappa shape index (κ3) is 4.69. The molecule has 0 saturated heterocycles. The molecule has 0 unspecified atom stereocenters. The van der Waals surface area contributed by atoms with Gasteiger partial charge in [0.15, 0.2) is 5.82 Å². The molecule has 0 fully saturated rings. The minimum atomic E-state index is 0.508. The molecule has 0 aliphatic rings. The highest BCUT2D eigenvalue weighted by atomic mass is 16.5. The lowest BCUT2D eigenvalue weighted by Gasteiger charge is -2.10. The van der Waals surface area contributed by atoms with Crippen molar-refractivity contribution < 1.29 is 4.74 Å². The van der Waals surface area contributed by atoms with Gasteiger partial charge in [-0.2, -0.15) is 10.1 Å². The molecule has 2 N–H and O–H groups in total. The maximum atomic E-state index is 5.17. The molecule has 3 rings (SSSR count). The molecule has 134 valence electrons. The van der Waals surface area contributed by atoms with Crippen LogP contribution in [0.2, 0.25) is 0 Å². The number of hydrogen-bond acceptors (Lipinski definition) is 6. The summed E-state index contributed by atoms with van der Waals surface area (Å²) in [6.45, 7) is 4.87. The van der Waals surface area contributed by atoms with Crippen LogP contribution in [0.25, 0.3) is 0 Å². The molecule has 2 aromatic carbocycles. The average molecular weight is 349 g/mol. The average Bonchev–Trinajstić information content (AvgIpc) is 2.65. The smallest absolute Gasteiger partial charge is 0.244 e. The van der Waals surface area contributed by atoms with Gasteiger partial charge in [-0.3, -0.25) is 0 Å². The third-order valence-electron chi connectivity index (χ3n) is 4.06. The number of methoxy groups -OCH3 is 1. The van der Waals surface area contributed by atoms with Gasteiger partial charge in [-0.1, -0.05) is 29.8 Å². The van der Waals surface area contributed by atoms with Crippen LogP contribution in [-0.4, -0.2) is 28.8 Å². The lowest BCUT2D eigenvalue weighted by molar-refractivity contribution is 0.414. The van der Waals surface area contributed by atoms with E-state index in [-0.39, 0.29) is 0 Å². The summed E-state index contributed by atoms with van der Waals surface area (Å²) in [6.07, 6.45) is 2.48. The van der Waals surface area contributed by atoms with Crippen molar-refractivity contribution in [1.82, 2.24) is 15.2 Å². The summed E-state index contributed by atoms with van der Waals surface area (Å²) >= 11 is 0. The summed E-state index contributed by atoms with van der Waals surface area (Å²) in [4.78, 5) is 4.47. The molecule has 0 aliphatic carbocycles. The van der Waals surface area contributed by atoms with E-state index in [2.05, 4.69) is 63.9 Å².